The molecule has 3 rings (SSSR count). The second kappa shape index (κ2) is 2.79. The molecule has 0 amide bonds. The highest BCUT2D eigenvalue weighted by Crippen LogP contribution is 2.39. The van der Waals surface area contributed by atoms with E-state index in [1.807, 2.05) is 6.07 Å². The van der Waals surface area contributed by atoms with E-state index < -0.39 is 0 Å². The fourth-order valence-electron chi connectivity index (χ4n) is 1.65. The standard InChI is InChI=1S/C10H10N4O/c11-10-7(5-15)4-12-9-3-8(6-1-2-6)13-14(9)10/h3-6H,1-2,11H2. The molecule has 0 unspecified atom stereocenters. The van der Waals surface area contributed by atoms with Crippen molar-refractivity contribution in [2.45, 2.75) is 18.8 Å². The zero-order valence-electron chi connectivity index (χ0n) is 8.05. The third-order valence-electron chi connectivity index (χ3n) is 2.69. The summed E-state index contributed by atoms with van der Waals surface area (Å²) in [5.74, 6) is 0.924. The SMILES string of the molecule is Nc1c(C=O)cnc2cc(C3CC3)nn12. The Labute approximate surface area is 85.9 Å². The molecule has 2 aromatic heterocycles. The zero-order valence-corrected chi connectivity index (χ0v) is 8.05. The van der Waals surface area contributed by atoms with Gasteiger partial charge in [0.25, 0.3) is 0 Å². The van der Waals surface area contributed by atoms with Gasteiger partial charge in [0.15, 0.2) is 11.9 Å². The number of anilines is 1. The van der Waals surface area contributed by atoms with E-state index in [1.54, 1.807) is 0 Å². The molecule has 5 heteroatoms. The maximum absolute atomic E-state index is 10.7. The molecular weight excluding hydrogens is 192 g/mol. The lowest BCUT2D eigenvalue weighted by atomic mass is 10.3. The molecule has 2 N–H and O–H groups in total. The largest absolute Gasteiger partial charge is 0.383 e. The highest BCUT2D eigenvalue weighted by molar-refractivity contribution is 5.81. The molecule has 0 aromatic carbocycles. The molecule has 0 radical (unpaired) electrons. The average Bonchev–Trinajstić information content (AvgIpc) is 2.99. The van der Waals surface area contributed by atoms with E-state index in [0.717, 1.165) is 5.69 Å². The summed E-state index contributed by atoms with van der Waals surface area (Å²) >= 11 is 0. The van der Waals surface area contributed by atoms with Gasteiger partial charge in [0.05, 0.1) is 11.3 Å². The average molecular weight is 202 g/mol. The molecule has 15 heavy (non-hydrogen) atoms. The van der Waals surface area contributed by atoms with Gasteiger partial charge in [-0.3, -0.25) is 4.79 Å². The summed E-state index contributed by atoms with van der Waals surface area (Å²) in [5, 5.41) is 4.35. The molecule has 1 aliphatic carbocycles. The van der Waals surface area contributed by atoms with Crippen LogP contribution in [-0.4, -0.2) is 20.9 Å². The molecule has 1 fully saturated rings. The third kappa shape index (κ3) is 1.20. The van der Waals surface area contributed by atoms with E-state index in [4.69, 9.17) is 5.73 Å². The van der Waals surface area contributed by atoms with E-state index in [1.165, 1.54) is 23.6 Å². The first-order chi connectivity index (χ1) is 7.29. The van der Waals surface area contributed by atoms with E-state index >= 15 is 0 Å². The minimum absolute atomic E-state index is 0.363. The Morgan fingerprint density at radius 1 is 1.53 bits per heavy atom. The number of nitrogens with two attached hydrogens (primary N) is 1. The van der Waals surface area contributed by atoms with Gasteiger partial charge in [0.2, 0.25) is 0 Å². The summed E-state index contributed by atoms with van der Waals surface area (Å²) in [6.45, 7) is 0. The van der Waals surface area contributed by atoms with Crippen LogP contribution in [0.2, 0.25) is 0 Å². The van der Waals surface area contributed by atoms with Crippen molar-refractivity contribution in [2.75, 3.05) is 5.73 Å². The first-order valence-corrected chi connectivity index (χ1v) is 4.89. The van der Waals surface area contributed by atoms with Crippen molar-refractivity contribution in [3.63, 3.8) is 0 Å². The minimum atomic E-state index is 0.363. The zero-order chi connectivity index (χ0) is 10.4. The van der Waals surface area contributed by atoms with E-state index in [9.17, 15) is 4.79 Å². The number of fused-ring (bicyclic) bond motifs is 1. The van der Waals surface area contributed by atoms with Crippen LogP contribution in [0.1, 0.15) is 34.8 Å². The fourth-order valence-corrected chi connectivity index (χ4v) is 1.65. The van der Waals surface area contributed by atoms with Crippen LogP contribution in [0, 0.1) is 0 Å². The summed E-state index contributed by atoms with van der Waals surface area (Å²) in [6, 6.07) is 1.93. The minimum Gasteiger partial charge on any atom is -0.383 e. The number of rotatable bonds is 2. The number of aldehydes is 1. The normalized spacial score (nSPS) is 15.7. The van der Waals surface area contributed by atoms with Crippen LogP contribution in [-0.2, 0) is 0 Å². The second-order valence-corrected chi connectivity index (χ2v) is 3.83. The molecule has 0 aliphatic heterocycles. The van der Waals surface area contributed by atoms with Gasteiger partial charge in [-0.15, -0.1) is 0 Å². The van der Waals surface area contributed by atoms with Gasteiger partial charge >= 0.3 is 0 Å². The smallest absolute Gasteiger partial charge is 0.157 e. The Kier molecular flexibility index (Phi) is 1.56. The van der Waals surface area contributed by atoms with Gasteiger partial charge in [-0.25, -0.2) is 4.98 Å². The van der Waals surface area contributed by atoms with Crippen molar-refractivity contribution < 1.29 is 4.79 Å². The van der Waals surface area contributed by atoms with Crippen molar-refractivity contribution in [2.24, 2.45) is 0 Å². The maximum atomic E-state index is 10.7. The first-order valence-electron chi connectivity index (χ1n) is 4.89. The highest BCUT2D eigenvalue weighted by atomic mass is 16.1. The van der Waals surface area contributed by atoms with Crippen LogP contribution in [0.3, 0.4) is 0 Å². The van der Waals surface area contributed by atoms with Crippen LogP contribution in [0.25, 0.3) is 5.65 Å². The molecule has 2 aromatic rings. The predicted octanol–water partition coefficient (Wildman–Crippen LogP) is 1.00. The van der Waals surface area contributed by atoms with Crippen molar-refractivity contribution in [1.82, 2.24) is 14.6 Å². The Morgan fingerprint density at radius 3 is 3.00 bits per heavy atom. The third-order valence-corrected chi connectivity index (χ3v) is 2.69. The predicted molar refractivity (Wildman–Crippen MR) is 54.8 cm³/mol. The number of nitrogens with zero attached hydrogens (tertiary/aromatic N) is 3. The number of hydrogen-bond acceptors (Lipinski definition) is 4. The molecular formula is C10H10N4O. The molecule has 0 atom stereocenters. The molecule has 1 aliphatic rings. The Balaban J connectivity index is 2.24. The fraction of sp³-hybridized carbons (Fsp3) is 0.300. The lowest BCUT2D eigenvalue weighted by molar-refractivity contribution is 0.112. The van der Waals surface area contributed by atoms with Gasteiger partial charge in [-0.1, -0.05) is 0 Å². The summed E-state index contributed by atoms with van der Waals surface area (Å²) in [5.41, 5.74) is 7.91. The van der Waals surface area contributed by atoms with Crippen LogP contribution in [0.5, 0.6) is 0 Å². The maximum Gasteiger partial charge on any atom is 0.157 e. The van der Waals surface area contributed by atoms with Crippen molar-refractivity contribution in [3.8, 4) is 0 Å². The van der Waals surface area contributed by atoms with E-state index in [2.05, 4.69) is 10.1 Å². The number of nitrogen functional groups attached to an aromatic ring is 1. The van der Waals surface area contributed by atoms with Crippen LogP contribution >= 0.6 is 0 Å². The first kappa shape index (κ1) is 8.40. The van der Waals surface area contributed by atoms with Crippen LogP contribution in [0.15, 0.2) is 12.3 Å². The van der Waals surface area contributed by atoms with Crippen LogP contribution < -0.4 is 5.73 Å². The topological polar surface area (TPSA) is 73.3 Å². The Morgan fingerprint density at radius 2 is 2.33 bits per heavy atom. The lowest BCUT2D eigenvalue weighted by Crippen LogP contribution is -2.04. The summed E-state index contributed by atoms with van der Waals surface area (Å²) in [7, 11) is 0. The van der Waals surface area contributed by atoms with Crippen molar-refractivity contribution in [1.29, 1.82) is 0 Å². The van der Waals surface area contributed by atoms with E-state index in [-0.39, 0.29) is 0 Å². The monoisotopic (exact) mass is 202 g/mol. The molecule has 76 valence electrons. The Hall–Kier alpha value is -1.91. The lowest BCUT2D eigenvalue weighted by Gasteiger charge is -1.99. The van der Waals surface area contributed by atoms with Crippen molar-refractivity contribution >= 4 is 17.8 Å². The second-order valence-electron chi connectivity index (χ2n) is 3.83. The van der Waals surface area contributed by atoms with Gasteiger partial charge in [-0.2, -0.15) is 9.61 Å². The van der Waals surface area contributed by atoms with Crippen molar-refractivity contribution in [3.05, 3.63) is 23.5 Å². The Bertz CT molecular complexity index is 542. The number of aromatic nitrogens is 3. The van der Waals surface area contributed by atoms with Gasteiger partial charge in [0, 0.05) is 18.2 Å². The summed E-state index contributed by atoms with van der Waals surface area (Å²) in [6.07, 6.45) is 4.55. The summed E-state index contributed by atoms with van der Waals surface area (Å²) in [4.78, 5) is 14.8. The highest BCUT2D eigenvalue weighted by Gasteiger charge is 2.26. The molecule has 0 saturated heterocycles. The molecule has 0 spiro atoms. The van der Waals surface area contributed by atoms with Gasteiger partial charge in [0.1, 0.15) is 5.82 Å². The molecule has 2 heterocycles. The van der Waals surface area contributed by atoms with E-state index in [0.29, 0.717) is 29.2 Å². The summed E-state index contributed by atoms with van der Waals surface area (Å²) < 4.78 is 1.54. The number of hydrogen-bond donors (Lipinski definition) is 1. The van der Waals surface area contributed by atoms with Gasteiger partial charge in [-0.05, 0) is 12.8 Å². The van der Waals surface area contributed by atoms with Crippen LogP contribution in [0.4, 0.5) is 5.82 Å². The molecule has 0 bridgehead atoms. The molecule has 5 nitrogen and oxygen atoms in total. The molecule has 1 saturated carbocycles. The number of carbonyl (C=O) groups is 1. The quantitative estimate of drug-likeness (QED) is 0.737. The number of carbonyl (C=O) groups excluding carboxylic acids is 1. The van der Waals surface area contributed by atoms with Gasteiger partial charge < -0.3 is 5.73 Å².